The third kappa shape index (κ3) is 2.04. The van der Waals surface area contributed by atoms with Crippen molar-refractivity contribution in [1.29, 1.82) is 0 Å². The minimum atomic E-state index is -0.449. The second kappa shape index (κ2) is 5.08. The van der Waals surface area contributed by atoms with Crippen molar-refractivity contribution in [3.8, 4) is 5.75 Å². The van der Waals surface area contributed by atoms with Crippen LogP contribution in [-0.4, -0.2) is 13.0 Å². The van der Waals surface area contributed by atoms with Crippen LogP contribution in [0.5, 0.6) is 5.75 Å². The topological polar surface area (TPSA) is 52.3 Å². The summed E-state index contributed by atoms with van der Waals surface area (Å²) in [4.78, 5) is 11.5. The predicted octanol–water partition coefficient (Wildman–Crippen LogP) is 2.90. The van der Waals surface area contributed by atoms with E-state index in [0.717, 1.165) is 29.2 Å². The minimum absolute atomic E-state index is 0.449. The third-order valence-corrected chi connectivity index (χ3v) is 3.07. The van der Waals surface area contributed by atoms with Crippen molar-refractivity contribution in [2.75, 3.05) is 7.11 Å². The molecular formula is C15H17NO2. The molecule has 18 heavy (non-hydrogen) atoms. The van der Waals surface area contributed by atoms with Crippen molar-refractivity contribution in [2.24, 2.45) is 5.73 Å². The van der Waals surface area contributed by atoms with E-state index in [2.05, 4.69) is 6.92 Å². The maximum absolute atomic E-state index is 11.5. The molecule has 0 atom stereocenters. The standard InChI is InChI=1S/C15H17NO2/c1-3-6-10-9-13(15(16)17)14(18-2)12-8-5-4-7-11(10)12/h4-5,7-9H,3,6H2,1-2H3,(H2,16,17). The summed E-state index contributed by atoms with van der Waals surface area (Å²) >= 11 is 0. The van der Waals surface area contributed by atoms with Crippen LogP contribution in [0.4, 0.5) is 0 Å². The average Bonchev–Trinajstić information content (AvgIpc) is 2.38. The van der Waals surface area contributed by atoms with Gasteiger partial charge in [-0.15, -0.1) is 0 Å². The molecule has 0 aromatic heterocycles. The van der Waals surface area contributed by atoms with Crippen LogP contribution in [0.3, 0.4) is 0 Å². The van der Waals surface area contributed by atoms with Crippen LogP contribution in [0.15, 0.2) is 30.3 Å². The van der Waals surface area contributed by atoms with Crippen molar-refractivity contribution < 1.29 is 9.53 Å². The Hall–Kier alpha value is -2.03. The third-order valence-electron chi connectivity index (χ3n) is 3.07. The molecule has 2 rings (SSSR count). The number of benzene rings is 2. The number of carbonyl (C=O) groups excluding carboxylic acids is 1. The second-order valence-corrected chi connectivity index (χ2v) is 4.28. The summed E-state index contributed by atoms with van der Waals surface area (Å²) in [6, 6.07) is 9.79. The van der Waals surface area contributed by atoms with Gasteiger partial charge in [-0.1, -0.05) is 37.6 Å². The molecule has 0 bridgehead atoms. The number of hydrogen-bond donors (Lipinski definition) is 1. The van der Waals surface area contributed by atoms with Gasteiger partial charge in [0.25, 0.3) is 5.91 Å². The van der Waals surface area contributed by atoms with Gasteiger partial charge in [-0.2, -0.15) is 0 Å². The molecule has 0 aliphatic rings. The van der Waals surface area contributed by atoms with Gasteiger partial charge < -0.3 is 10.5 Å². The number of amides is 1. The zero-order chi connectivity index (χ0) is 13.1. The van der Waals surface area contributed by atoms with Crippen LogP contribution in [0.1, 0.15) is 29.3 Å². The largest absolute Gasteiger partial charge is 0.495 e. The Morgan fingerprint density at radius 3 is 2.50 bits per heavy atom. The summed E-state index contributed by atoms with van der Waals surface area (Å²) in [5, 5.41) is 2.07. The van der Waals surface area contributed by atoms with E-state index in [1.54, 1.807) is 7.11 Å². The van der Waals surface area contributed by atoms with E-state index in [0.29, 0.717) is 11.3 Å². The molecule has 0 spiro atoms. The summed E-state index contributed by atoms with van der Waals surface area (Å²) < 4.78 is 5.35. The van der Waals surface area contributed by atoms with E-state index in [-0.39, 0.29) is 0 Å². The average molecular weight is 243 g/mol. The highest BCUT2D eigenvalue weighted by atomic mass is 16.5. The van der Waals surface area contributed by atoms with Crippen LogP contribution in [0.25, 0.3) is 10.8 Å². The fourth-order valence-corrected chi connectivity index (χ4v) is 2.30. The molecule has 0 aliphatic carbocycles. The van der Waals surface area contributed by atoms with Gasteiger partial charge in [-0.3, -0.25) is 4.79 Å². The fraction of sp³-hybridized carbons (Fsp3) is 0.267. The van der Waals surface area contributed by atoms with Gasteiger partial charge in [-0.05, 0) is 23.4 Å². The van der Waals surface area contributed by atoms with Crippen molar-refractivity contribution in [1.82, 2.24) is 0 Å². The first-order valence-electron chi connectivity index (χ1n) is 6.07. The smallest absolute Gasteiger partial charge is 0.252 e. The lowest BCUT2D eigenvalue weighted by atomic mass is 9.96. The summed E-state index contributed by atoms with van der Waals surface area (Å²) in [6.07, 6.45) is 1.94. The molecule has 1 amide bonds. The van der Waals surface area contributed by atoms with E-state index >= 15 is 0 Å². The van der Waals surface area contributed by atoms with E-state index in [1.165, 1.54) is 0 Å². The predicted molar refractivity (Wildman–Crippen MR) is 73.0 cm³/mol. The molecule has 0 aliphatic heterocycles. The Morgan fingerprint density at radius 2 is 1.94 bits per heavy atom. The molecular weight excluding hydrogens is 226 g/mol. The summed E-state index contributed by atoms with van der Waals surface area (Å²) in [5.41, 5.74) is 7.03. The van der Waals surface area contributed by atoms with Crippen LogP contribution < -0.4 is 10.5 Å². The van der Waals surface area contributed by atoms with Gasteiger partial charge >= 0.3 is 0 Å². The number of primary amides is 1. The molecule has 94 valence electrons. The van der Waals surface area contributed by atoms with Crippen LogP contribution in [-0.2, 0) is 6.42 Å². The van der Waals surface area contributed by atoms with E-state index in [4.69, 9.17) is 10.5 Å². The maximum atomic E-state index is 11.5. The number of nitrogens with two attached hydrogens (primary N) is 1. The first-order chi connectivity index (χ1) is 8.69. The van der Waals surface area contributed by atoms with Gasteiger partial charge in [-0.25, -0.2) is 0 Å². The first kappa shape index (κ1) is 12.4. The Kier molecular flexibility index (Phi) is 3.51. The Balaban J connectivity index is 2.81. The van der Waals surface area contributed by atoms with E-state index < -0.39 is 5.91 Å². The number of aryl methyl sites for hydroxylation is 1. The van der Waals surface area contributed by atoms with Gasteiger partial charge in [0.2, 0.25) is 0 Å². The molecule has 2 N–H and O–H groups in total. The fourth-order valence-electron chi connectivity index (χ4n) is 2.30. The van der Waals surface area contributed by atoms with E-state index in [1.807, 2.05) is 30.3 Å². The molecule has 0 unspecified atom stereocenters. The number of methoxy groups -OCH3 is 1. The highest BCUT2D eigenvalue weighted by molar-refractivity contribution is 6.04. The lowest BCUT2D eigenvalue weighted by Gasteiger charge is -2.13. The lowest BCUT2D eigenvalue weighted by molar-refractivity contribution is 0.0997. The van der Waals surface area contributed by atoms with Gasteiger partial charge in [0, 0.05) is 5.39 Å². The monoisotopic (exact) mass is 243 g/mol. The minimum Gasteiger partial charge on any atom is -0.495 e. The first-order valence-corrected chi connectivity index (χ1v) is 6.07. The van der Waals surface area contributed by atoms with Crippen molar-refractivity contribution in [3.63, 3.8) is 0 Å². The Morgan fingerprint density at radius 1 is 1.28 bits per heavy atom. The highest BCUT2D eigenvalue weighted by Gasteiger charge is 2.15. The molecule has 0 fully saturated rings. The molecule has 0 saturated heterocycles. The molecule has 0 radical (unpaired) electrons. The normalized spacial score (nSPS) is 10.6. The van der Waals surface area contributed by atoms with Crippen molar-refractivity contribution in [3.05, 3.63) is 41.5 Å². The molecule has 0 heterocycles. The molecule has 2 aromatic carbocycles. The lowest BCUT2D eigenvalue weighted by Crippen LogP contribution is -2.13. The number of hydrogen-bond acceptors (Lipinski definition) is 2. The van der Waals surface area contributed by atoms with Gasteiger partial charge in [0.05, 0.1) is 12.7 Å². The molecule has 3 heteroatoms. The van der Waals surface area contributed by atoms with Gasteiger partial charge in [0.15, 0.2) is 0 Å². The van der Waals surface area contributed by atoms with Crippen LogP contribution in [0, 0.1) is 0 Å². The molecule has 3 nitrogen and oxygen atoms in total. The number of ether oxygens (including phenoxy) is 1. The SMILES string of the molecule is CCCc1cc(C(N)=O)c(OC)c2ccccc12. The number of carbonyl (C=O) groups is 1. The summed E-state index contributed by atoms with van der Waals surface area (Å²) in [7, 11) is 1.56. The van der Waals surface area contributed by atoms with Crippen LogP contribution >= 0.6 is 0 Å². The summed E-state index contributed by atoms with van der Waals surface area (Å²) in [6.45, 7) is 2.11. The second-order valence-electron chi connectivity index (χ2n) is 4.28. The van der Waals surface area contributed by atoms with Crippen molar-refractivity contribution in [2.45, 2.75) is 19.8 Å². The zero-order valence-corrected chi connectivity index (χ0v) is 10.7. The highest BCUT2D eigenvalue weighted by Crippen LogP contribution is 2.32. The maximum Gasteiger partial charge on any atom is 0.252 e. The Labute approximate surface area is 107 Å². The quantitative estimate of drug-likeness (QED) is 0.897. The Bertz CT molecular complexity index is 590. The van der Waals surface area contributed by atoms with Crippen LogP contribution in [0.2, 0.25) is 0 Å². The van der Waals surface area contributed by atoms with Crippen molar-refractivity contribution >= 4 is 16.7 Å². The van der Waals surface area contributed by atoms with E-state index in [9.17, 15) is 4.79 Å². The summed E-state index contributed by atoms with van der Waals surface area (Å²) in [5.74, 6) is 0.118. The van der Waals surface area contributed by atoms with Gasteiger partial charge in [0.1, 0.15) is 5.75 Å². The zero-order valence-electron chi connectivity index (χ0n) is 10.7. The number of rotatable bonds is 4. The molecule has 0 saturated carbocycles. The molecule has 2 aromatic rings. The number of fused-ring (bicyclic) bond motifs is 1.